The first-order chi connectivity index (χ1) is 12.1. The van der Waals surface area contributed by atoms with Gasteiger partial charge in [-0.25, -0.2) is 4.79 Å². The molecule has 1 aliphatic carbocycles. The molecule has 6 nitrogen and oxygen atoms in total. The molecule has 1 saturated carbocycles. The Morgan fingerprint density at radius 3 is 2.80 bits per heavy atom. The lowest BCUT2D eigenvalue weighted by molar-refractivity contribution is -0.129. The molecule has 1 aromatic rings. The molecule has 4 rings (SSSR count). The molecule has 134 valence electrons. The first-order valence-corrected chi connectivity index (χ1v) is 9.41. The molecule has 2 atom stereocenters. The summed E-state index contributed by atoms with van der Waals surface area (Å²) in [5, 5.41) is 3.17. The molecule has 2 saturated heterocycles. The van der Waals surface area contributed by atoms with Gasteiger partial charge in [-0.15, -0.1) is 0 Å². The Kier molecular flexibility index (Phi) is 4.36. The third kappa shape index (κ3) is 3.22. The van der Waals surface area contributed by atoms with Crippen molar-refractivity contribution in [2.24, 2.45) is 0 Å². The molecule has 6 heteroatoms. The van der Waals surface area contributed by atoms with Gasteiger partial charge < -0.3 is 15.1 Å². The summed E-state index contributed by atoms with van der Waals surface area (Å²) in [6, 6.07) is 6.38. The van der Waals surface area contributed by atoms with Crippen molar-refractivity contribution >= 4 is 11.9 Å². The van der Waals surface area contributed by atoms with Crippen molar-refractivity contribution in [3.05, 3.63) is 29.6 Å². The SMILES string of the molecule is Cc1cccc(CN2C(=O)C[C@H]3[C@H]2CCN3C(=O)NC2CCCC2)n1. The molecule has 0 unspecified atom stereocenters. The van der Waals surface area contributed by atoms with E-state index in [-0.39, 0.29) is 24.0 Å². The van der Waals surface area contributed by atoms with Crippen molar-refractivity contribution in [2.75, 3.05) is 6.54 Å². The van der Waals surface area contributed by atoms with E-state index in [2.05, 4.69) is 10.3 Å². The van der Waals surface area contributed by atoms with Gasteiger partial charge in [0.1, 0.15) is 0 Å². The van der Waals surface area contributed by atoms with Crippen molar-refractivity contribution in [1.29, 1.82) is 0 Å². The third-order valence-electron chi connectivity index (χ3n) is 5.84. The Bertz CT molecular complexity index is 671. The van der Waals surface area contributed by atoms with Crippen molar-refractivity contribution in [1.82, 2.24) is 20.1 Å². The highest BCUT2D eigenvalue weighted by molar-refractivity contribution is 5.83. The fourth-order valence-electron chi connectivity index (χ4n) is 4.58. The highest BCUT2D eigenvalue weighted by Crippen LogP contribution is 2.33. The summed E-state index contributed by atoms with van der Waals surface area (Å²) in [6.07, 6.45) is 5.86. The lowest BCUT2D eigenvalue weighted by Gasteiger charge is -2.26. The average Bonchev–Trinajstić information content (AvgIpc) is 3.27. The highest BCUT2D eigenvalue weighted by Gasteiger charge is 2.48. The molecule has 1 aromatic heterocycles. The molecule has 0 bridgehead atoms. The number of hydrogen-bond donors (Lipinski definition) is 1. The minimum atomic E-state index is 0.0127. The summed E-state index contributed by atoms with van der Waals surface area (Å²) < 4.78 is 0. The van der Waals surface area contributed by atoms with E-state index in [0.29, 0.717) is 19.0 Å². The van der Waals surface area contributed by atoms with Gasteiger partial charge in [0.15, 0.2) is 0 Å². The van der Waals surface area contributed by atoms with Gasteiger partial charge in [-0.3, -0.25) is 9.78 Å². The van der Waals surface area contributed by atoms with Crippen LogP contribution in [0.2, 0.25) is 0 Å². The van der Waals surface area contributed by atoms with Gasteiger partial charge >= 0.3 is 6.03 Å². The zero-order chi connectivity index (χ0) is 17.4. The van der Waals surface area contributed by atoms with E-state index < -0.39 is 0 Å². The molecule has 3 fully saturated rings. The lowest BCUT2D eigenvalue weighted by atomic mass is 10.1. The topological polar surface area (TPSA) is 65.5 Å². The minimum absolute atomic E-state index is 0.0127. The van der Waals surface area contributed by atoms with Gasteiger partial charge in [0.25, 0.3) is 0 Å². The zero-order valence-corrected chi connectivity index (χ0v) is 14.8. The van der Waals surface area contributed by atoms with Crippen LogP contribution in [0, 0.1) is 6.92 Å². The van der Waals surface area contributed by atoms with Gasteiger partial charge in [-0.1, -0.05) is 18.9 Å². The number of urea groups is 1. The van der Waals surface area contributed by atoms with E-state index in [1.165, 1.54) is 12.8 Å². The maximum absolute atomic E-state index is 12.6. The van der Waals surface area contributed by atoms with Gasteiger partial charge in [0.2, 0.25) is 5.91 Å². The largest absolute Gasteiger partial charge is 0.335 e. The number of fused-ring (bicyclic) bond motifs is 1. The van der Waals surface area contributed by atoms with Crippen LogP contribution < -0.4 is 5.32 Å². The van der Waals surface area contributed by atoms with E-state index in [1.54, 1.807) is 0 Å². The van der Waals surface area contributed by atoms with Crippen LogP contribution in [0.5, 0.6) is 0 Å². The van der Waals surface area contributed by atoms with Crippen LogP contribution in [0.15, 0.2) is 18.2 Å². The van der Waals surface area contributed by atoms with Crippen molar-refractivity contribution in [2.45, 2.75) is 70.1 Å². The molecular formula is C19H26N4O2. The zero-order valence-electron chi connectivity index (χ0n) is 14.8. The first-order valence-electron chi connectivity index (χ1n) is 9.41. The molecular weight excluding hydrogens is 316 g/mol. The van der Waals surface area contributed by atoms with Gasteiger partial charge in [0.05, 0.1) is 24.3 Å². The van der Waals surface area contributed by atoms with Crippen molar-refractivity contribution in [3.8, 4) is 0 Å². The van der Waals surface area contributed by atoms with Crippen LogP contribution in [-0.4, -0.2) is 51.4 Å². The number of aromatic nitrogens is 1. The van der Waals surface area contributed by atoms with Crippen LogP contribution in [0.25, 0.3) is 0 Å². The van der Waals surface area contributed by atoms with Gasteiger partial charge in [-0.05, 0) is 38.3 Å². The predicted molar refractivity (Wildman–Crippen MR) is 93.8 cm³/mol. The van der Waals surface area contributed by atoms with Gasteiger partial charge in [-0.2, -0.15) is 0 Å². The number of carbonyl (C=O) groups is 2. The number of carbonyl (C=O) groups excluding carboxylic acids is 2. The van der Waals surface area contributed by atoms with E-state index in [0.717, 1.165) is 37.2 Å². The van der Waals surface area contributed by atoms with E-state index in [4.69, 9.17) is 0 Å². The van der Waals surface area contributed by atoms with Crippen LogP contribution in [0.3, 0.4) is 0 Å². The molecule has 3 aliphatic rings. The summed E-state index contributed by atoms with van der Waals surface area (Å²) in [5.74, 6) is 0.136. The van der Waals surface area contributed by atoms with E-state index in [1.807, 2.05) is 34.9 Å². The molecule has 25 heavy (non-hydrogen) atoms. The summed E-state index contributed by atoms with van der Waals surface area (Å²) >= 11 is 0. The van der Waals surface area contributed by atoms with Crippen LogP contribution in [0.1, 0.15) is 49.9 Å². The second kappa shape index (κ2) is 6.65. The first kappa shape index (κ1) is 16.4. The van der Waals surface area contributed by atoms with Crippen LogP contribution in [0.4, 0.5) is 4.79 Å². The number of pyridine rings is 1. The molecule has 3 heterocycles. The molecule has 0 aromatic carbocycles. The van der Waals surface area contributed by atoms with Crippen molar-refractivity contribution in [3.63, 3.8) is 0 Å². The Balaban J connectivity index is 1.42. The number of rotatable bonds is 3. The number of likely N-dealkylation sites (tertiary alicyclic amines) is 2. The van der Waals surface area contributed by atoms with Crippen molar-refractivity contribution < 1.29 is 9.59 Å². The smallest absolute Gasteiger partial charge is 0.317 e. The summed E-state index contributed by atoms with van der Waals surface area (Å²) in [4.78, 5) is 33.5. The summed E-state index contributed by atoms with van der Waals surface area (Å²) in [6.45, 7) is 3.24. The van der Waals surface area contributed by atoms with E-state index >= 15 is 0 Å². The average molecular weight is 342 g/mol. The standard InChI is InChI=1S/C19H26N4O2/c1-13-5-4-8-15(20-13)12-23-16-9-10-22(17(16)11-18(23)24)19(25)21-14-6-2-3-7-14/h4-5,8,14,16-17H,2-3,6-7,9-12H2,1H3,(H,21,25)/t16-,17+/m1/s1. The Morgan fingerprint density at radius 1 is 1.24 bits per heavy atom. The Labute approximate surface area is 148 Å². The monoisotopic (exact) mass is 342 g/mol. The second-order valence-corrected chi connectivity index (χ2v) is 7.54. The Hall–Kier alpha value is -2.11. The van der Waals surface area contributed by atoms with E-state index in [9.17, 15) is 9.59 Å². The second-order valence-electron chi connectivity index (χ2n) is 7.54. The van der Waals surface area contributed by atoms with Crippen LogP contribution in [-0.2, 0) is 11.3 Å². The number of aryl methyl sites for hydroxylation is 1. The Morgan fingerprint density at radius 2 is 2.04 bits per heavy atom. The fourth-order valence-corrected chi connectivity index (χ4v) is 4.58. The minimum Gasteiger partial charge on any atom is -0.335 e. The molecule has 0 spiro atoms. The number of nitrogens with one attached hydrogen (secondary N) is 1. The fraction of sp³-hybridized carbons (Fsp3) is 0.632. The quantitative estimate of drug-likeness (QED) is 0.916. The molecule has 1 N–H and O–H groups in total. The maximum Gasteiger partial charge on any atom is 0.317 e. The maximum atomic E-state index is 12.6. The number of hydrogen-bond acceptors (Lipinski definition) is 3. The summed E-state index contributed by atoms with van der Waals surface area (Å²) in [7, 11) is 0. The molecule has 0 radical (unpaired) electrons. The number of nitrogens with zero attached hydrogens (tertiary/aromatic N) is 3. The molecule has 2 aliphatic heterocycles. The normalized spacial score (nSPS) is 26.4. The third-order valence-corrected chi connectivity index (χ3v) is 5.84. The van der Waals surface area contributed by atoms with Gasteiger partial charge in [0, 0.05) is 24.7 Å². The molecule has 3 amide bonds. The number of amides is 3. The van der Waals surface area contributed by atoms with Crippen LogP contribution >= 0.6 is 0 Å². The lowest BCUT2D eigenvalue weighted by Crippen LogP contribution is -2.47. The highest BCUT2D eigenvalue weighted by atomic mass is 16.2. The predicted octanol–water partition coefficient (Wildman–Crippen LogP) is 2.22. The summed E-state index contributed by atoms with van der Waals surface area (Å²) in [5.41, 5.74) is 1.88.